The van der Waals surface area contributed by atoms with Crippen molar-refractivity contribution in [2.24, 2.45) is 5.92 Å². The average Bonchev–Trinajstić information content (AvgIpc) is 2.13. The van der Waals surface area contributed by atoms with Crippen LogP contribution in [0.1, 0.15) is 51.9 Å². The van der Waals surface area contributed by atoms with Crippen LogP contribution in [0.2, 0.25) is 0 Å². The number of unbranched alkanes of at least 4 members (excludes halogenated alkanes) is 2. The number of carboxylic acid groups (broad SMARTS) is 1. The highest BCUT2D eigenvalue weighted by atomic mass is 16.4. The van der Waals surface area contributed by atoms with Gasteiger partial charge in [0, 0.05) is 13.0 Å². The fourth-order valence-electron chi connectivity index (χ4n) is 1.66. The van der Waals surface area contributed by atoms with Crippen molar-refractivity contribution < 1.29 is 15.0 Å². The Morgan fingerprint density at radius 1 is 1.21 bits per heavy atom. The summed E-state index contributed by atoms with van der Waals surface area (Å²) in [5.74, 6) is -0.462. The van der Waals surface area contributed by atoms with Crippen LogP contribution >= 0.6 is 0 Å². The van der Waals surface area contributed by atoms with Crippen LogP contribution < -0.4 is 0 Å². The van der Waals surface area contributed by atoms with E-state index < -0.39 is 5.97 Å². The van der Waals surface area contributed by atoms with Crippen molar-refractivity contribution in [1.29, 1.82) is 0 Å². The summed E-state index contributed by atoms with van der Waals surface area (Å²) in [6.07, 6.45) is 6.26. The van der Waals surface area contributed by atoms with Crippen molar-refractivity contribution in [3.8, 4) is 0 Å². The van der Waals surface area contributed by atoms with Gasteiger partial charge in [0.2, 0.25) is 0 Å². The Morgan fingerprint density at radius 3 is 2.36 bits per heavy atom. The number of carboxylic acids is 1. The Bertz CT molecular complexity index is 145. The zero-order valence-electron chi connectivity index (χ0n) is 9.04. The second-order valence-corrected chi connectivity index (χ2v) is 3.83. The van der Waals surface area contributed by atoms with E-state index in [1.54, 1.807) is 0 Å². The molecule has 0 fully saturated rings. The van der Waals surface area contributed by atoms with Crippen molar-refractivity contribution in [3.63, 3.8) is 0 Å². The van der Waals surface area contributed by atoms with Gasteiger partial charge in [0.1, 0.15) is 0 Å². The molecule has 0 saturated heterocycles. The zero-order valence-corrected chi connectivity index (χ0v) is 9.04. The average molecular weight is 202 g/mol. The lowest BCUT2D eigenvalue weighted by atomic mass is 9.93. The topological polar surface area (TPSA) is 57.5 Å². The second kappa shape index (κ2) is 9.00. The summed E-state index contributed by atoms with van der Waals surface area (Å²) in [6, 6.07) is 0. The van der Waals surface area contributed by atoms with Crippen molar-refractivity contribution in [2.75, 3.05) is 6.61 Å². The molecule has 3 heteroatoms. The van der Waals surface area contributed by atoms with Crippen LogP contribution in [0.25, 0.3) is 0 Å². The maximum Gasteiger partial charge on any atom is 0.303 e. The van der Waals surface area contributed by atoms with Crippen LogP contribution in [-0.4, -0.2) is 22.8 Å². The molecule has 2 N–H and O–H groups in total. The highest BCUT2D eigenvalue weighted by Crippen LogP contribution is 2.19. The Hall–Kier alpha value is -0.570. The summed E-state index contributed by atoms with van der Waals surface area (Å²) in [5.41, 5.74) is 0. The standard InChI is InChI=1S/C11H22O3/c1-2-3-4-6-10(7-5-8-12)9-11(13)14/h10,12H,2-9H2,1H3,(H,13,14). The molecule has 0 rings (SSSR count). The maximum absolute atomic E-state index is 10.5. The summed E-state index contributed by atoms with van der Waals surface area (Å²) in [4.78, 5) is 10.5. The molecule has 0 aromatic carbocycles. The Balaban J connectivity index is 3.66. The lowest BCUT2D eigenvalue weighted by Gasteiger charge is -2.13. The van der Waals surface area contributed by atoms with E-state index in [-0.39, 0.29) is 18.9 Å². The molecule has 1 atom stereocenters. The van der Waals surface area contributed by atoms with E-state index in [4.69, 9.17) is 10.2 Å². The molecule has 0 saturated carbocycles. The molecule has 0 radical (unpaired) electrons. The molecule has 3 nitrogen and oxygen atoms in total. The fourth-order valence-corrected chi connectivity index (χ4v) is 1.66. The molecule has 0 aliphatic carbocycles. The minimum absolute atomic E-state index is 0.171. The van der Waals surface area contributed by atoms with E-state index in [0.29, 0.717) is 0 Å². The maximum atomic E-state index is 10.5. The van der Waals surface area contributed by atoms with Gasteiger partial charge in [-0.3, -0.25) is 4.79 Å². The first kappa shape index (κ1) is 13.4. The van der Waals surface area contributed by atoms with Crippen molar-refractivity contribution in [1.82, 2.24) is 0 Å². The van der Waals surface area contributed by atoms with Gasteiger partial charge in [0.15, 0.2) is 0 Å². The van der Waals surface area contributed by atoms with E-state index >= 15 is 0 Å². The van der Waals surface area contributed by atoms with Crippen LogP contribution in [0.15, 0.2) is 0 Å². The van der Waals surface area contributed by atoms with Gasteiger partial charge in [-0.1, -0.05) is 26.2 Å². The summed E-state index contributed by atoms with van der Waals surface area (Å²) in [7, 11) is 0. The summed E-state index contributed by atoms with van der Waals surface area (Å²) < 4.78 is 0. The van der Waals surface area contributed by atoms with Gasteiger partial charge in [-0.25, -0.2) is 0 Å². The third kappa shape index (κ3) is 8.05. The number of hydrogen-bond acceptors (Lipinski definition) is 2. The summed E-state index contributed by atoms with van der Waals surface area (Å²) in [5, 5.41) is 17.4. The molecule has 0 bridgehead atoms. The third-order valence-electron chi connectivity index (χ3n) is 2.45. The Morgan fingerprint density at radius 2 is 1.86 bits per heavy atom. The number of aliphatic hydroxyl groups is 1. The van der Waals surface area contributed by atoms with Gasteiger partial charge in [-0.05, 0) is 25.2 Å². The van der Waals surface area contributed by atoms with Gasteiger partial charge < -0.3 is 10.2 Å². The number of rotatable bonds is 9. The summed E-state index contributed by atoms with van der Waals surface area (Å²) in [6.45, 7) is 2.31. The zero-order chi connectivity index (χ0) is 10.8. The number of aliphatic hydroxyl groups excluding tert-OH is 1. The molecule has 0 amide bonds. The monoisotopic (exact) mass is 202 g/mol. The van der Waals surface area contributed by atoms with Crippen LogP contribution in [0.3, 0.4) is 0 Å². The smallest absolute Gasteiger partial charge is 0.303 e. The first-order chi connectivity index (χ1) is 6.70. The van der Waals surface area contributed by atoms with Crippen LogP contribution in [0.5, 0.6) is 0 Å². The van der Waals surface area contributed by atoms with Gasteiger partial charge in [-0.15, -0.1) is 0 Å². The van der Waals surface area contributed by atoms with E-state index in [9.17, 15) is 4.79 Å². The predicted octanol–water partition coefficient (Wildman–Crippen LogP) is 2.43. The van der Waals surface area contributed by atoms with Gasteiger partial charge in [0.25, 0.3) is 0 Å². The lowest BCUT2D eigenvalue weighted by molar-refractivity contribution is -0.138. The van der Waals surface area contributed by atoms with Gasteiger partial charge in [-0.2, -0.15) is 0 Å². The van der Waals surface area contributed by atoms with E-state index in [1.165, 1.54) is 12.8 Å². The highest BCUT2D eigenvalue weighted by Gasteiger charge is 2.12. The van der Waals surface area contributed by atoms with Crippen molar-refractivity contribution in [2.45, 2.75) is 51.9 Å². The number of hydrogen-bond donors (Lipinski definition) is 2. The number of carbonyl (C=O) groups is 1. The minimum atomic E-state index is -0.718. The molecule has 0 aliphatic heterocycles. The highest BCUT2D eigenvalue weighted by molar-refractivity contribution is 5.66. The van der Waals surface area contributed by atoms with Gasteiger partial charge >= 0.3 is 5.97 Å². The van der Waals surface area contributed by atoms with Crippen LogP contribution in [0, 0.1) is 5.92 Å². The van der Waals surface area contributed by atoms with Crippen LogP contribution in [0.4, 0.5) is 0 Å². The quantitative estimate of drug-likeness (QED) is 0.564. The first-order valence-electron chi connectivity index (χ1n) is 5.53. The van der Waals surface area contributed by atoms with E-state index in [2.05, 4.69) is 6.92 Å². The molecule has 14 heavy (non-hydrogen) atoms. The molecule has 0 spiro atoms. The fraction of sp³-hybridized carbons (Fsp3) is 0.909. The molecule has 0 heterocycles. The van der Waals surface area contributed by atoms with Crippen molar-refractivity contribution >= 4 is 5.97 Å². The largest absolute Gasteiger partial charge is 0.481 e. The minimum Gasteiger partial charge on any atom is -0.481 e. The molecule has 0 aromatic heterocycles. The van der Waals surface area contributed by atoms with E-state index in [1.807, 2.05) is 0 Å². The molecule has 1 unspecified atom stereocenters. The van der Waals surface area contributed by atoms with Gasteiger partial charge in [0.05, 0.1) is 0 Å². The Kier molecular flexibility index (Phi) is 8.64. The molecular formula is C11H22O3. The first-order valence-corrected chi connectivity index (χ1v) is 5.53. The lowest BCUT2D eigenvalue weighted by Crippen LogP contribution is -2.08. The molecule has 0 aliphatic rings. The normalized spacial score (nSPS) is 12.7. The molecule has 0 aromatic rings. The summed E-state index contributed by atoms with van der Waals surface area (Å²) >= 11 is 0. The predicted molar refractivity (Wildman–Crippen MR) is 56.2 cm³/mol. The van der Waals surface area contributed by atoms with Crippen LogP contribution in [-0.2, 0) is 4.79 Å². The molecule has 84 valence electrons. The third-order valence-corrected chi connectivity index (χ3v) is 2.45. The molecular weight excluding hydrogens is 180 g/mol. The second-order valence-electron chi connectivity index (χ2n) is 3.83. The van der Waals surface area contributed by atoms with Crippen molar-refractivity contribution in [3.05, 3.63) is 0 Å². The SMILES string of the molecule is CCCCCC(CCCO)CC(=O)O. The Labute approximate surface area is 86.1 Å². The van der Waals surface area contributed by atoms with E-state index in [0.717, 1.165) is 25.7 Å². The number of aliphatic carboxylic acids is 1.